The Morgan fingerprint density at radius 2 is 2.14 bits per heavy atom. The lowest BCUT2D eigenvalue weighted by molar-refractivity contribution is -0.385. The molecule has 2 aromatic rings. The van der Waals surface area contributed by atoms with E-state index in [0.29, 0.717) is 0 Å². The van der Waals surface area contributed by atoms with Gasteiger partial charge < -0.3 is 9.84 Å². The van der Waals surface area contributed by atoms with Crippen molar-refractivity contribution in [2.75, 3.05) is 0 Å². The zero-order chi connectivity index (χ0) is 15.6. The lowest BCUT2D eigenvalue weighted by Gasteiger charge is -2.09. The Balaban J connectivity index is 2.52. The van der Waals surface area contributed by atoms with Gasteiger partial charge in [-0.05, 0) is 15.9 Å². The second-order valence-corrected chi connectivity index (χ2v) is 4.62. The molecule has 9 heteroatoms. The number of benzene rings is 1. The summed E-state index contributed by atoms with van der Waals surface area (Å²) in [5.74, 6) is -2.68. The number of pyridine rings is 1. The first-order valence-corrected chi connectivity index (χ1v) is 6.18. The molecule has 0 saturated heterocycles. The van der Waals surface area contributed by atoms with Crippen molar-refractivity contribution in [3.63, 3.8) is 0 Å². The van der Waals surface area contributed by atoms with Crippen LogP contribution < -0.4 is 4.74 Å². The zero-order valence-electron chi connectivity index (χ0n) is 10.1. The molecule has 0 spiro atoms. The van der Waals surface area contributed by atoms with E-state index in [2.05, 4.69) is 20.9 Å². The number of nitro groups is 1. The molecular formula is C12H6BrFN2O5. The number of carboxylic acid groups (broad SMARTS) is 1. The third-order valence-electron chi connectivity index (χ3n) is 2.43. The van der Waals surface area contributed by atoms with E-state index in [0.717, 1.165) is 18.3 Å². The van der Waals surface area contributed by atoms with E-state index in [4.69, 9.17) is 9.84 Å². The highest BCUT2D eigenvalue weighted by atomic mass is 79.9. The van der Waals surface area contributed by atoms with Crippen molar-refractivity contribution in [1.82, 2.24) is 4.98 Å². The molecule has 0 aliphatic carbocycles. The van der Waals surface area contributed by atoms with Crippen molar-refractivity contribution in [3.8, 4) is 11.5 Å². The highest BCUT2D eigenvalue weighted by Gasteiger charge is 2.21. The molecule has 0 radical (unpaired) electrons. The topological polar surface area (TPSA) is 103 Å². The van der Waals surface area contributed by atoms with Crippen molar-refractivity contribution in [3.05, 3.63) is 56.6 Å². The summed E-state index contributed by atoms with van der Waals surface area (Å²) in [6.45, 7) is 0. The van der Waals surface area contributed by atoms with Crippen LogP contribution in [0.5, 0.6) is 11.5 Å². The lowest BCUT2D eigenvalue weighted by Crippen LogP contribution is -2.02. The Kier molecular flexibility index (Phi) is 4.13. The van der Waals surface area contributed by atoms with Crippen molar-refractivity contribution >= 4 is 27.6 Å². The molecule has 0 aliphatic rings. The van der Waals surface area contributed by atoms with E-state index < -0.39 is 28.1 Å². The number of halogens is 2. The smallest absolute Gasteiger partial charge is 0.341 e. The number of carbonyl (C=O) groups is 1. The number of aromatic nitrogens is 1. The van der Waals surface area contributed by atoms with Gasteiger partial charge in [0.2, 0.25) is 5.75 Å². The van der Waals surface area contributed by atoms with Crippen molar-refractivity contribution in [1.29, 1.82) is 0 Å². The average molecular weight is 357 g/mol. The van der Waals surface area contributed by atoms with Crippen LogP contribution in [0.3, 0.4) is 0 Å². The predicted octanol–water partition coefficient (Wildman–Crippen LogP) is 3.38. The molecule has 2 rings (SSSR count). The molecule has 1 aromatic carbocycles. The molecule has 0 saturated carbocycles. The molecule has 0 amide bonds. The third kappa shape index (κ3) is 3.14. The third-order valence-corrected chi connectivity index (χ3v) is 3.04. The van der Waals surface area contributed by atoms with Gasteiger partial charge in [-0.3, -0.25) is 15.1 Å². The summed E-state index contributed by atoms with van der Waals surface area (Å²) in [4.78, 5) is 24.8. The maximum absolute atomic E-state index is 13.5. The summed E-state index contributed by atoms with van der Waals surface area (Å²) >= 11 is 2.83. The molecule has 0 unspecified atom stereocenters. The molecule has 108 valence electrons. The van der Waals surface area contributed by atoms with Crippen LogP contribution in [0.2, 0.25) is 0 Å². The fourth-order valence-electron chi connectivity index (χ4n) is 1.49. The quantitative estimate of drug-likeness (QED) is 0.665. The minimum absolute atomic E-state index is 0.102. The van der Waals surface area contributed by atoms with Gasteiger partial charge in [-0.15, -0.1) is 0 Å². The normalized spacial score (nSPS) is 10.2. The number of nitro benzene ring substituents is 1. The molecule has 1 heterocycles. The molecule has 1 aromatic heterocycles. The zero-order valence-corrected chi connectivity index (χ0v) is 11.7. The van der Waals surface area contributed by atoms with Crippen LogP contribution >= 0.6 is 15.9 Å². The summed E-state index contributed by atoms with van der Waals surface area (Å²) < 4.78 is 18.6. The van der Waals surface area contributed by atoms with Crippen LogP contribution in [-0.4, -0.2) is 21.0 Å². The summed E-state index contributed by atoms with van der Waals surface area (Å²) in [5, 5.41) is 19.9. The standard InChI is InChI=1S/C12H6BrFN2O5/c13-7-3-9(16(19)20)11(4-8(7)14)21-10-1-2-15-5-6(10)12(17)18/h1-5H,(H,17,18). The highest BCUT2D eigenvalue weighted by Crippen LogP contribution is 2.36. The van der Waals surface area contributed by atoms with E-state index in [1.807, 2.05) is 0 Å². The van der Waals surface area contributed by atoms with Gasteiger partial charge in [-0.25, -0.2) is 9.18 Å². The summed E-state index contributed by atoms with van der Waals surface area (Å²) in [5.41, 5.74) is -0.799. The highest BCUT2D eigenvalue weighted by molar-refractivity contribution is 9.10. The van der Waals surface area contributed by atoms with Gasteiger partial charge in [0.15, 0.2) is 0 Å². The van der Waals surface area contributed by atoms with E-state index in [9.17, 15) is 19.3 Å². The van der Waals surface area contributed by atoms with Crippen molar-refractivity contribution in [2.24, 2.45) is 0 Å². The van der Waals surface area contributed by atoms with Crippen molar-refractivity contribution in [2.45, 2.75) is 0 Å². The van der Waals surface area contributed by atoms with Gasteiger partial charge in [-0.2, -0.15) is 0 Å². The number of aromatic carboxylic acids is 1. The van der Waals surface area contributed by atoms with Crippen LogP contribution in [0, 0.1) is 15.9 Å². The SMILES string of the molecule is O=C(O)c1cnccc1Oc1cc(F)c(Br)cc1[N+](=O)[O-]. The van der Waals surface area contributed by atoms with Gasteiger partial charge in [0, 0.05) is 30.6 Å². The maximum atomic E-state index is 13.5. The molecule has 21 heavy (non-hydrogen) atoms. The van der Waals surface area contributed by atoms with Gasteiger partial charge in [0.1, 0.15) is 17.1 Å². The first-order chi connectivity index (χ1) is 9.90. The maximum Gasteiger partial charge on any atom is 0.341 e. The van der Waals surface area contributed by atoms with Crippen LogP contribution in [0.25, 0.3) is 0 Å². The second-order valence-electron chi connectivity index (χ2n) is 3.77. The van der Waals surface area contributed by atoms with E-state index in [1.54, 1.807) is 0 Å². The van der Waals surface area contributed by atoms with Crippen LogP contribution in [0.4, 0.5) is 10.1 Å². The van der Waals surface area contributed by atoms with Gasteiger partial charge in [0.05, 0.1) is 9.40 Å². The number of nitrogens with zero attached hydrogens (tertiary/aromatic N) is 2. The predicted molar refractivity (Wildman–Crippen MR) is 72.0 cm³/mol. The van der Waals surface area contributed by atoms with Gasteiger partial charge in [0.25, 0.3) is 0 Å². The first-order valence-electron chi connectivity index (χ1n) is 5.38. The van der Waals surface area contributed by atoms with Crippen LogP contribution in [-0.2, 0) is 0 Å². The Labute approximate surface area is 125 Å². The Morgan fingerprint density at radius 3 is 2.76 bits per heavy atom. The van der Waals surface area contributed by atoms with E-state index >= 15 is 0 Å². The van der Waals surface area contributed by atoms with Gasteiger partial charge >= 0.3 is 11.7 Å². The molecule has 1 N–H and O–H groups in total. The van der Waals surface area contributed by atoms with Gasteiger partial charge in [-0.1, -0.05) is 0 Å². The molecule has 0 fully saturated rings. The summed E-state index contributed by atoms with van der Waals surface area (Å²) in [6, 6.07) is 2.95. The van der Waals surface area contributed by atoms with Crippen molar-refractivity contribution < 1.29 is 24.0 Å². The number of hydrogen-bond acceptors (Lipinski definition) is 5. The lowest BCUT2D eigenvalue weighted by atomic mass is 10.2. The minimum atomic E-state index is -1.32. The Morgan fingerprint density at radius 1 is 1.43 bits per heavy atom. The summed E-state index contributed by atoms with van der Waals surface area (Å²) in [6.07, 6.45) is 2.28. The fraction of sp³-hybridized carbons (Fsp3) is 0. The van der Waals surface area contributed by atoms with E-state index in [-0.39, 0.29) is 15.8 Å². The van der Waals surface area contributed by atoms with Crippen LogP contribution in [0.1, 0.15) is 10.4 Å². The fourth-order valence-corrected chi connectivity index (χ4v) is 1.82. The Bertz CT molecular complexity index is 738. The monoisotopic (exact) mass is 356 g/mol. The average Bonchev–Trinajstić information content (AvgIpc) is 2.42. The van der Waals surface area contributed by atoms with Crippen LogP contribution in [0.15, 0.2) is 35.1 Å². The minimum Gasteiger partial charge on any atom is -0.477 e. The molecule has 7 nitrogen and oxygen atoms in total. The second kappa shape index (κ2) is 5.83. The molecular weight excluding hydrogens is 351 g/mol. The number of rotatable bonds is 4. The largest absolute Gasteiger partial charge is 0.477 e. The molecule has 0 atom stereocenters. The number of ether oxygens (including phenoxy) is 1. The Hall–Kier alpha value is -2.55. The number of carboxylic acids is 1. The first kappa shape index (κ1) is 14.9. The summed E-state index contributed by atoms with van der Waals surface area (Å²) in [7, 11) is 0. The molecule has 0 aliphatic heterocycles. The molecule has 0 bridgehead atoms. The van der Waals surface area contributed by atoms with E-state index in [1.165, 1.54) is 12.3 Å². The number of hydrogen-bond donors (Lipinski definition) is 1.